The maximum Gasteiger partial charge on any atom is 0.181 e. The number of rotatable bonds is 3. The molecule has 2 N–H and O–H groups in total. The van der Waals surface area contributed by atoms with E-state index >= 15 is 0 Å². The van der Waals surface area contributed by atoms with E-state index in [9.17, 15) is 0 Å². The number of nitrogen functional groups attached to an aromatic ring is 1. The van der Waals surface area contributed by atoms with Gasteiger partial charge in [-0.05, 0) is 30.3 Å². The van der Waals surface area contributed by atoms with Crippen molar-refractivity contribution in [1.82, 2.24) is 9.97 Å². The van der Waals surface area contributed by atoms with Crippen molar-refractivity contribution in [3.63, 3.8) is 0 Å². The van der Waals surface area contributed by atoms with Crippen LogP contribution in [0.2, 0.25) is 0 Å². The highest BCUT2D eigenvalue weighted by atomic mass is 32.1. The molecule has 0 amide bonds. The minimum absolute atomic E-state index is 0.551. The van der Waals surface area contributed by atoms with Gasteiger partial charge in [0.1, 0.15) is 5.75 Å². The Balaban J connectivity index is 2.09. The fourth-order valence-electron chi connectivity index (χ4n) is 1.97. The Morgan fingerprint density at radius 2 is 1.90 bits per heavy atom. The van der Waals surface area contributed by atoms with Gasteiger partial charge in [-0.15, -0.1) is 0 Å². The van der Waals surface area contributed by atoms with Crippen LogP contribution < -0.4 is 10.5 Å². The number of thiazole rings is 1. The van der Waals surface area contributed by atoms with Crippen molar-refractivity contribution in [3.05, 3.63) is 48.8 Å². The van der Waals surface area contributed by atoms with Crippen molar-refractivity contribution in [2.45, 2.75) is 0 Å². The van der Waals surface area contributed by atoms with Gasteiger partial charge < -0.3 is 10.5 Å². The Morgan fingerprint density at radius 3 is 2.55 bits per heavy atom. The lowest BCUT2D eigenvalue weighted by Gasteiger charge is -2.04. The van der Waals surface area contributed by atoms with Crippen molar-refractivity contribution in [2.24, 2.45) is 0 Å². The van der Waals surface area contributed by atoms with Gasteiger partial charge in [0.05, 0.1) is 17.7 Å². The number of methoxy groups -OCH3 is 1. The molecule has 100 valence electrons. The van der Waals surface area contributed by atoms with E-state index in [2.05, 4.69) is 9.97 Å². The highest BCUT2D eigenvalue weighted by molar-refractivity contribution is 7.19. The molecule has 1 aromatic carbocycles. The monoisotopic (exact) mass is 283 g/mol. The Morgan fingerprint density at radius 1 is 1.10 bits per heavy atom. The molecule has 2 heterocycles. The first-order valence-corrected chi connectivity index (χ1v) is 6.90. The van der Waals surface area contributed by atoms with Crippen LogP contribution in [0.15, 0.2) is 48.8 Å². The van der Waals surface area contributed by atoms with E-state index in [1.165, 1.54) is 11.3 Å². The summed E-state index contributed by atoms with van der Waals surface area (Å²) < 4.78 is 5.17. The van der Waals surface area contributed by atoms with E-state index in [4.69, 9.17) is 10.5 Å². The summed E-state index contributed by atoms with van der Waals surface area (Å²) in [6.45, 7) is 0. The fraction of sp³-hybridized carbons (Fsp3) is 0.0667. The summed E-state index contributed by atoms with van der Waals surface area (Å²) in [6, 6.07) is 11.7. The van der Waals surface area contributed by atoms with Crippen LogP contribution in [0.1, 0.15) is 0 Å². The van der Waals surface area contributed by atoms with Gasteiger partial charge >= 0.3 is 0 Å². The van der Waals surface area contributed by atoms with Gasteiger partial charge in [0.2, 0.25) is 0 Å². The van der Waals surface area contributed by atoms with Crippen LogP contribution in [0.3, 0.4) is 0 Å². The Bertz CT molecular complexity index is 708. The predicted octanol–water partition coefficient (Wildman–Crippen LogP) is 3.46. The minimum Gasteiger partial charge on any atom is -0.497 e. The summed E-state index contributed by atoms with van der Waals surface area (Å²) >= 11 is 1.47. The van der Waals surface area contributed by atoms with Crippen LogP contribution in [0, 0.1) is 0 Å². The molecule has 0 saturated carbocycles. The number of benzene rings is 1. The summed E-state index contributed by atoms with van der Waals surface area (Å²) in [6.07, 6.45) is 3.57. The first kappa shape index (κ1) is 12.6. The molecule has 2 aromatic heterocycles. The first-order valence-electron chi connectivity index (χ1n) is 6.09. The summed E-state index contributed by atoms with van der Waals surface area (Å²) in [7, 11) is 1.65. The quantitative estimate of drug-likeness (QED) is 0.799. The molecule has 0 aliphatic carbocycles. The molecule has 20 heavy (non-hydrogen) atoms. The van der Waals surface area contributed by atoms with Gasteiger partial charge in [0.15, 0.2) is 5.13 Å². The lowest BCUT2D eigenvalue weighted by atomic mass is 10.1. The third kappa shape index (κ3) is 2.35. The number of aromatic nitrogens is 2. The van der Waals surface area contributed by atoms with Crippen molar-refractivity contribution in [3.8, 4) is 27.4 Å². The SMILES string of the molecule is COc1ccc(-c2nc(N)sc2-c2cccnc2)cc1. The molecule has 0 bridgehead atoms. The average Bonchev–Trinajstić information content (AvgIpc) is 2.90. The van der Waals surface area contributed by atoms with Crippen molar-refractivity contribution >= 4 is 16.5 Å². The average molecular weight is 283 g/mol. The van der Waals surface area contributed by atoms with Crippen LogP contribution >= 0.6 is 11.3 Å². The predicted molar refractivity (Wildman–Crippen MR) is 81.7 cm³/mol. The van der Waals surface area contributed by atoms with E-state index in [0.717, 1.165) is 27.4 Å². The zero-order valence-electron chi connectivity index (χ0n) is 10.9. The highest BCUT2D eigenvalue weighted by Gasteiger charge is 2.13. The number of hydrogen-bond donors (Lipinski definition) is 1. The van der Waals surface area contributed by atoms with E-state index in [1.54, 1.807) is 13.3 Å². The zero-order valence-corrected chi connectivity index (χ0v) is 11.7. The second-order valence-electron chi connectivity index (χ2n) is 4.20. The van der Waals surface area contributed by atoms with Crippen LogP contribution in [0.4, 0.5) is 5.13 Å². The number of anilines is 1. The molecule has 0 aliphatic heterocycles. The molecular weight excluding hydrogens is 270 g/mol. The highest BCUT2D eigenvalue weighted by Crippen LogP contribution is 2.37. The summed E-state index contributed by atoms with van der Waals surface area (Å²) in [5.41, 5.74) is 8.78. The molecule has 0 saturated heterocycles. The second kappa shape index (κ2) is 5.30. The molecule has 0 radical (unpaired) electrons. The Kier molecular flexibility index (Phi) is 3.35. The number of nitrogens with two attached hydrogens (primary N) is 1. The zero-order chi connectivity index (χ0) is 13.9. The fourth-order valence-corrected chi connectivity index (χ4v) is 2.82. The number of ether oxygens (including phenoxy) is 1. The molecule has 3 aromatic rings. The Labute approximate surface area is 120 Å². The topological polar surface area (TPSA) is 61.0 Å². The molecule has 3 rings (SSSR count). The molecule has 4 nitrogen and oxygen atoms in total. The van der Waals surface area contributed by atoms with Gasteiger partial charge in [0.25, 0.3) is 0 Å². The molecular formula is C15H13N3OS. The van der Waals surface area contributed by atoms with Gasteiger partial charge in [-0.3, -0.25) is 4.98 Å². The van der Waals surface area contributed by atoms with Crippen LogP contribution in [0.5, 0.6) is 5.75 Å². The van der Waals surface area contributed by atoms with E-state index in [0.29, 0.717) is 5.13 Å². The summed E-state index contributed by atoms with van der Waals surface area (Å²) in [4.78, 5) is 9.62. The molecule has 5 heteroatoms. The van der Waals surface area contributed by atoms with Crippen molar-refractivity contribution < 1.29 is 4.74 Å². The molecule has 0 fully saturated rings. The maximum atomic E-state index is 5.87. The largest absolute Gasteiger partial charge is 0.497 e. The minimum atomic E-state index is 0.551. The lowest BCUT2D eigenvalue weighted by molar-refractivity contribution is 0.415. The van der Waals surface area contributed by atoms with Gasteiger partial charge in [-0.2, -0.15) is 0 Å². The second-order valence-corrected chi connectivity index (χ2v) is 5.23. The molecule has 0 unspecified atom stereocenters. The van der Waals surface area contributed by atoms with Crippen molar-refractivity contribution in [1.29, 1.82) is 0 Å². The number of pyridine rings is 1. The third-order valence-corrected chi connectivity index (χ3v) is 3.86. The van der Waals surface area contributed by atoms with Crippen LogP contribution in [-0.2, 0) is 0 Å². The third-order valence-electron chi connectivity index (χ3n) is 2.93. The van der Waals surface area contributed by atoms with Crippen molar-refractivity contribution in [2.75, 3.05) is 12.8 Å². The maximum absolute atomic E-state index is 5.87. The number of hydrogen-bond acceptors (Lipinski definition) is 5. The standard InChI is InChI=1S/C15H13N3OS/c1-19-12-6-4-10(5-7-12)13-14(20-15(16)18-13)11-3-2-8-17-9-11/h2-9H,1H3,(H2,16,18). The van der Waals surface area contributed by atoms with E-state index < -0.39 is 0 Å². The molecule has 0 atom stereocenters. The van der Waals surface area contributed by atoms with Gasteiger partial charge in [-0.25, -0.2) is 4.98 Å². The number of nitrogens with zero attached hydrogens (tertiary/aromatic N) is 2. The normalized spacial score (nSPS) is 10.4. The smallest absolute Gasteiger partial charge is 0.181 e. The van der Waals surface area contributed by atoms with Crippen LogP contribution in [-0.4, -0.2) is 17.1 Å². The van der Waals surface area contributed by atoms with E-state index in [1.807, 2.05) is 42.6 Å². The lowest BCUT2D eigenvalue weighted by Crippen LogP contribution is -1.86. The summed E-state index contributed by atoms with van der Waals surface area (Å²) in [5, 5.41) is 0.551. The summed E-state index contributed by atoms with van der Waals surface area (Å²) in [5.74, 6) is 0.819. The van der Waals surface area contributed by atoms with E-state index in [-0.39, 0.29) is 0 Å². The first-order chi connectivity index (χ1) is 9.78. The van der Waals surface area contributed by atoms with Gasteiger partial charge in [-0.1, -0.05) is 17.4 Å². The molecule has 0 spiro atoms. The molecule has 0 aliphatic rings. The Hall–Kier alpha value is -2.40. The van der Waals surface area contributed by atoms with Crippen LogP contribution in [0.25, 0.3) is 21.7 Å². The van der Waals surface area contributed by atoms with Gasteiger partial charge in [0, 0.05) is 23.5 Å².